The number of aryl methyl sites for hydroxylation is 2. The highest BCUT2D eigenvalue weighted by Gasteiger charge is 2.14. The Morgan fingerprint density at radius 1 is 0.952 bits per heavy atom. The van der Waals surface area contributed by atoms with Gasteiger partial charge in [-0.25, -0.2) is 0 Å². The molecule has 21 heavy (non-hydrogen) atoms. The first-order valence-electron chi connectivity index (χ1n) is 7.58. The summed E-state index contributed by atoms with van der Waals surface area (Å²) in [5.41, 5.74) is 3.66. The van der Waals surface area contributed by atoms with Gasteiger partial charge >= 0.3 is 0 Å². The largest absolute Gasteiger partial charge is 0.484 e. The molecule has 0 aliphatic heterocycles. The molecular formula is C19H25NO. The first-order valence-corrected chi connectivity index (χ1v) is 7.58. The molecule has 0 radical (unpaired) electrons. The summed E-state index contributed by atoms with van der Waals surface area (Å²) >= 11 is 0. The highest BCUT2D eigenvalue weighted by Crippen LogP contribution is 2.24. The zero-order valence-electron chi connectivity index (χ0n) is 13.4. The van der Waals surface area contributed by atoms with Gasteiger partial charge in [0.05, 0.1) is 0 Å². The van der Waals surface area contributed by atoms with Crippen LogP contribution in [0.3, 0.4) is 0 Å². The summed E-state index contributed by atoms with van der Waals surface area (Å²) < 4.78 is 6.25. The van der Waals surface area contributed by atoms with Crippen LogP contribution in [0.2, 0.25) is 0 Å². The second-order valence-corrected chi connectivity index (χ2v) is 5.90. The molecule has 1 N–H and O–H groups in total. The number of hydrogen-bond donors (Lipinski definition) is 1. The summed E-state index contributed by atoms with van der Waals surface area (Å²) in [4.78, 5) is 0. The van der Waals surface area contributed by atoms with E-state index in [0.717, 1.165) is 12.3 Å². The van der Waals surface area contributed by atoms with E-state index >= 15 is 0 Å². The Morgan fingerprint density at radius 2 is 1.57 bits per heavy atom. The van der Waals surface area contributed by atoms with Crippen LogP contribution in [0.25, 0.3) is 0 Å². The molecule has 0 amide bonds. The first-order chi connectivity index (χ1) is 10.0. The maximum atomic E-state index is 6.25. The van der Waals surface area contributed by atoms with E-state index in [9.17, 15) is 0 Å². The monoisotopic (exact) mass is 283 g/mol. The minimum Gasteiger partial charge on any atom is -0.484 e. The maximum Gasteiger partial charge on any atom is 0.136 e. The number of ether oxygens (including phenoxy) is 1. The van der Waals surface area contributed by atoms with Crippen molar-refractivity contribution in [3.05, 3.63) is 65.2 Å². The average Bonchev–Trinajstić information content (AvgIpc) is 2.43. The molecule has 0 aromatic heterocycles. The summed E-state index contributed by atoms with van der Waals surface area (Å²) in [5, 5.41) is 3.47. The molecule has 1 atom stereocenters. The second kappa shape index (κ2) is 7.28. The van der Waals surface area contributed by atoms with E-state index in [1.54, 1.807) is 0 Å². The Kier molecular flexibility index (Phi) is 5.40. The lowest BCUT2D eigenvalue weighted by molar-refractivity contribution is 0.198. The van der Waals surface area contributed by atoms with Gasteiger partial charge in [-0.05, 0) is 42.7 Å². The summed E-state index contributed by atoms with van der Waals surface area (Å²) in [6.07, 6.45) is 0.0230. The Morgan fingerprint density at radius 3 is 2.14 bits per heavy atom. The summed E-state index contributed by atoms with van der Waals surface area (Å²) in [6, 6.07) is 17.2. The molecular weight excluding hydrogens is 258 g/mol. The molecule has 0 bridgehead atoms. The van der Waals surface area contributed by atoms with Gasteiger partial charge < -0.3 is 10.1 Å². The third kappa shape index (κ3) is 4.91. The van der Waals surface area contributed by atoms with Crippen molar-refractivity contribution in [2.24, 2.45) is 0 Å². The maximum absolute atomic E-state index is 6.25. The first kappa shape index (κ1) is 15.6. The van der Waals surface area contributed by atoms with Crippen LogP contribution in [0.1, 0.15) is 36.6 Å². The van der Waals surface area contributed by atoms with Crippen LogP contribution in [0.4, 0.5) is 0 Å². The fraction of sp³-hybridized carbons (Fsp3) is 0.368. The average molecular weight is 283 g/mol. The van der Waals surface area contributed by atoms with Crippen LogP contribution in [-0.2, 0) is 0 Å². The van der Waals surface area contributed by atoms with Crippen LogP contribution in [0.5, 0.6) is 5.75 Å². The van der Waals surface area contributed by atoms with Gasteiger partial charge in [-0.15, -0.1) is 0 Å². The normalized spacial score (nSPS) is 12.4. The van der Waals surface area contributed by atoms with E-state index in [1.165, 1.54) is 16.7 Å². The second-order valence-electron chi connectivity index (χ2n) is 5.90. The zero-order valence-corrected chi connectivity index (χ0v) is 13.4. The molecule has 0 saturated carbocycles. The number of nitrogens with one attached hydrogen (secondary N) is 1. The number of hydrogen-bond acceptors (Lipinski definition) is 2. The SMILES string of the molecule is Cc1cc(C)cc(OC(CNC(C)C)c2ccccc2)c1. The van der Waals surface area contributed by atoms with Gasteiger partial charge in [0.25, 0.3) is 0 Å². The van der Waals surface area contributed by atoms with Crippen LogP contribution in [0.15, 0.2) is 48.5 Å². The minimum absolute atomic E-state index is 0.0230. The molecule has 0 heterocycles. The Hall–Kier alpha value is -1.80. The van der Waals surface area contributed by atoms with E-state index in [-0.39, 0.29) is 6.10 Å². The fourth-order valence-corrected chi connectivity index (χ4v) is 2.40. The lowest BCUT2D eigenvalue weighted by Crippen LogP contribution is -2.30. The third-order valence-corrected chi connectivity index (χ3v) is 3.36. The molecule has 1 unspecified atom stereocenters. The van der Waals surface area contributed by atoms with Crippen LogP contribution in [-0.4, -0.2) is 12.6 Å². The molecule has 0 saturated heterocycles. The van der Waals surface area contributed by atoms with E-state index in [2.05, 4.69) is 75.5 Å². The molecule has 0 spiro atoms. The Bertz CT molecular complexity index is 543. The van der Waals surface area contributed by atoms with Gasteiger partial charge in [0.1, 0.15) is 11.9 Å². The van der Waals surface area contributed by atoms with Crippen molar-refractivity contribution in [3.8, 4) is 5.75 Å². The van der Waals surface area contributed by atoms with Gasteiger partial charge in [-0.1, -0.05) is 50.2 Å². The van der Waals surface area contributed by atoms with Gasteiger partial charge in [0.15, 0.2) is 0 Å². The summed E-state index contributed by atoms with van der Waals surface area (Å²) in [6.45, 7) is 9.31. The quantitative estimate of drug-likeness (QED) is 0.847. The van der Waals surface area contributed by atoms with Gasteiger partial charge in [0, 0.05) is 12.6 Å². The van der Waals surface area contributed by atoms with Crippen molar-refractivity contribution in [2.45, 2.75) is 39.8 Å². The van der Waals surface area contributed by atoms with E-state index in [1.807, 2.05) is 6.07 Å². The predicted octanol–water partition coefficient (Wildman–Crippen LogP) is 4.42. The van der Waals surface area contributed by atoms with E-state index in [0.29, 0.717) is 6.04 Å². The van der Waals surface area contributed by atoms with Crippen molar-refractivity contribution >= 4 is 0 Å². The number of rotatable bonds is 6. The molecule has 0 aliphatic rings. The lowest BCUT2D eigenvalue weighted by atomic mass is 10.1. The Labute approximate surface area is 128 Å². The summed E-state index contributed by atoms with van der Waals surface area (Å²) in [5.74, 6) is 0.937. The van der Waals surface area contributed by atoms with E-state index in [4.69, 9.17) is 4.74 Å². The lowest BCUT2D eigenvalue weighted by Gasteiger charge is -2.22. The van der Waals surface area contributed by atoms with Gasteiger partial charge in [-0.2, -0.15) is 0 Å². The highest BCUT2D eigenvalue weighted by molar-refractivity contribution is 5.34. The van der Waals surface area contributed by atoms with Crippen LogP contribution >= 0.6 is 0 Å². The highest BCUT2D eigenvalue weighted by atomic mass is 16.5. The van der Waals surface area contributed by atoms with Crippen molar-refractivity contribution in [1.29, 1.82) is 0 Å². The molecule has 2 nitrogen and oxygen atoms in total. The van der Waals surface area contributed by atoms with Crippen molar-refractivity contribution in [2.75, 3.05) is 6.54 Å². The molecule has 2 rings (SSSR count). The van der Waals surface area contributed by atoms with Gasteiger partial charge in [0.2, 0.25) is 0 Å². The van der Waals surface area contributed by atoms with Crippen LogP contribution in [0, 0.1) is 13.8 Å². The molecule has 112 valence electrons. The summed E-state index contributed by atoms with van der Waals surface area (Å²) in [7, 11) is 0. The Balaban J connectivity index is 2.19. The number of benzene rings is 2. The van der Waals surface area contributed by atoms with Crippen molar-refractivity contribution in [1.82, 2.24) is 5.32 Å². The fourth-order valence-electron chi connectivity index (χ4n) is 2.40. The van der Waals surface area contributed by atoms with Crippen molar-refractivity contribution in [3.63, 3.8) is 0 Å². The smallest absolute Gasteiger partial charge is 0.136 e. The van der Waals surface area contributed by atoms with Crippen LogP contribution < -0.4 is 10.1 Å². The predicted molar refractivity (Wildman–Crippen MR) is 88.9 cm³/mol. The molecule has 2 aromatic rings. The zero-order chi connectivity index (χ0) is 15.2. The van der Waals surface area contributed by atoms with E-state index < -0.39 is 0 Å². The molecule has 2 aromatic carbocycles. The molecule has 0 fully saturated rings. The van der Waals surface area contributed by atoms with Crippen molar-refractivity contribution < 1.29 is 4.74 Å². The van der Waals surface area contributed by atoms with Gasteiger partial charge in [-0.3, -0.25) is 0 Å². The molecule has 0 aliphatic carbocycles. The topological polar surface area (TPSA) is 21.3 Å². The minimum atomic E-state index is 0.0230. The molecule has 2 heteroatoms. The third-order valence-electron chi connectivity index (χ3n) is 3.36. The standard InChI is InChI=1S/C19H25NO/c1-14(2)20-13-19(17-8-6-5-7-9-17)21-18-11-15(3)10-16(4)12-18/h5-12,14,19-20H,13H2,1-4H3.